The average Bonchev–Trinajstić information content (AvgIpc) is 2.28. The van der Waals surface area contributed by atoms with Crippen molar-refractivity contribution in [3.63, 3.8) is 0 Å². The normalized spacial score (nSPS) is 9.80. The summed E-state index contributed by atoms with van der Waals surface area (Å²) in [5.74, 6) is 5.09. The third-order valence-electron chi connectivity index (χ3n) is 2.08. The Bertz CT molecular complexity index is 324. The fraction of sp³-hybridized carbons (Fsp3) is 0.300. The molecule has 0 aliphatic carbocycles. The van der Waals surface area contributed by atoms with Gasteiger partial charge in [-0.15, -0.1) is 0 Å². The Hall–Kier alpha value is -1.59. The van der Waals surface area contributed by atoms with Crippen molar-refractivity contribution in [1.29, 1.82) is 0 Å². The number of carbonyl (C=O) groups excluding carboxylic acids is 1. The van der Waals surface area contributed by atoms with Crippen LogP contribution in [0, 0.1) is 0 Å². The number of benzene rings is 1. The molecule has 0 spiro atoms. The topological polar surface area (TPSA) is 78.6 Å². The lowest BCUT2D eigenvalue weighted by Crippen LogP contribution is -2.29. The van der Waals surface area contributed by atoms with Crippen LogP contribution in [0.3, 0.4) is 0 Å². The summed E-state index contributed by atoms with van der Waals surface area (Å²) in [6.45, 7) is 0.292. The molecular weight excluding hydrogens is 194 g/mol. The molecule has 0 radical (unpaired) electrons. The zero-order valence-electron chi connectivity index (χ0n) is 8.60. The van der Waals surface area contributed by atoms with E-state index in [1.165, 1.54) is 4.90 Å². The highest BCUT2D eigenvalue weighted by Crippen LogP contribution is 2.09. The Balaban J connectivity index is 2.73. The van der Waals surface area contributed by atoms with Gasteiger partial charge in [-0.05, 0) is 24.3 Å². The third kappa shape index (κ3) is 2.93. The number of nitrogens with two attached hydrogens (primary N) is 1. The minimum atomic E-state index is -0.118. The standard InChI is InChI=1S/C10H15N3O2/c1-13(6-7-14)10(15)8-2-4-9(12-11)5-3-8/h2-5,12,14H,6-7,11H2,1H3. The quantitative estimate of drug-likeness (QED) is 0.483. The van der Waals surface area contributed by atoms with Gasteiger partial charge in [0.25, 0.3) is 5.91 Å². The second-order valence-electron chi connectivity index (χ2n) is 3.17. The Kier molecular flexibility index (Phi) is 4.08. The second-order valence-corrected chi connectivity index (χ2v) is 3.17. The van der Waals surface area contributed by atoms with Crippen molar-refractivity contribution >= 4 is 11.6 Å². The highest BCUT2D eigenvalue weighted by Gasteiger charge is 2.10. The highest BCUT2D eigenvalue weighted by molar-refractivity contribution is 5.94. The van der Waals surface area contributed by atoms with E-state index in [-0.39, 0.29) is 12.5 Å². The summed E-state index contributed by atoms with van der Waals surface area (Å²) in [6, 6.07) is 6.82. The van der Waals surface area contributed by atoms with Gasteiger partial charge in [0.2, 0.25) is 0 Å². The lowest BCUT2D eigenvalue weighted by atomic mass is 10.2. The van der Waals surface area contributed by atoms with Crippen molar-refractivity contribution in [2.45, 2.75) is 0 Å². The number of nitrogens with zero attached hydrogens (tertiary/aromatic N) is 1. The number of nitrogen functional groups attached to an aromatic ring is 1. The maximum atomic E-state index is 11.7. The van der Waals surface area contributed by atoms with E-state index in [1.807, 2.05) is 0 Å². The van der Waals surface area contributed by atoms with Gasteiger partial charge in [0.05, 0.1) is 6.61 Å². The monoisotopic (exact) mass is 209 g/mol. The zero-order chi connectivity index (χ0) is 11.3. The van der Waals surface area contributed by atoms with Gasteiger partial charge in [-0.25, -0.2) is 0 Å². The molecule has 82 valence electrons. The minimum absolute atomic E-state index is 0.0370. The van der Waals surface area contributed by atoms with Gasteiger partial charge in [-0.1, -0.05) is 0 Å². The van der Waals surface area contributed by atoms with Crippen LogP contribution in [0.2, 0.25) is 0 Å². The first-order chi connectivity index (χ1) is 7.19. The second kappa shape index (κ2) is 5.33. The van der Waals surface area contributed by atoms with E-state index in [1.54, 1.807) is 31.3 Å². The fourth-order valence-electron chi connectivity index (χ4n) is 1.18. The summed E-state index contributed by atoms with van der Waals surface area (Å²) in [5, 5.41) is 8.69. The van der Waals surface area contributed by atoms with Gasteiger partial charge in [-0.2, -0.15) is 0 Å². The Morgan fingerprint density at radius 1 is 1.47 bits per heavy atom. The Morgan fingerprint density at radius 2 is 2.07 bits per heavy atom. The number of aliphatic hydroxyl groups is 1. The average molecular weight is 209 g/mol. The summed E-state index contributed by atoms with van der Waals surface area (Å²) < 4.78 is 0. The molecule has 0 aromatic heterocycles. The van der Waals surface area contributed by atoms with Gasteiger partial charge >= 0.3 is 0 Å². The highest BCUT2D eigenvalue weighted by atomic mass is 16.3. The number of aliphatic hydroxyl groups excluding tert-OH is 1. The van der Waals surface area contributed by atoms with E-state index in [0.717, 1.165) is 5.69 Å². The Labute approximate surface area is 88.5 Å². The molecule has 0 unspecified atom stereocenters. The number of anilines is 1. The molecule has 0 saturated heterocycles. The van der Waals surface area contributed by atoms with Crippen LogP contribution in [0.1, 0.15) is 10.4 Å². The molecule has 0 atom stereocenters. The molecule has 1 aromatic carbocycles. The van der Waals surface area contributed by atoms with E-state index in [0.29, 0.717) is 12.1 Å². The van der Waals surface area contributed by atoms with Crippen LogP contribution in [0.4, 0.5) is 5.69 Å². The molecule has 4 N–H and O–H groups in total. The van der Waals surface area contributed by atoms with E-state index in [4.69, 9.17) is 10.9 Å². The molecule has 0 fully saturated rings. The van der Waals surface area contributed by atoms with Gasteiger partial charge in [0, 0.05) is 24.8 Å². The number of rotatable bonds is 4. The molecule has 0 aliphatic rings. The first-order valence-electron chi connectivity index (χ1n) is 4.62. The molecule has 0 heterocycles. The predicted octanol–water partition coefficient (Wildman–Crippen LogP) is 0.0365. The van der Waals surface area contributed by atoms with Crippen molar-refractivity contribution in [3.05, 3.63) is 29.8 Å². The van der Waals surface area contributed by atoms with Crippen LogP contribution in [0.5, 0.6) is 0 Å². The van der Waals surface area contributed by atoms with Crippen LogP contribution in [-0.2, 0) is 0 Å². The third-order valence-corrected chi connectivity index (χ3v) is 2.08. The lowest BCUT2D eigenvalue weighted by molar-refractivity contribution is 0.0767. The van der Waals surface area contributed by atoms with E-state index in [9.17, 15) is 4.79 Å². The number of hydrazine groups is 1. The van der Waals surface area contributed by atoms with E-state index >= 15 is 0 Å². The molecule has 1 aromatic rings. The minimum Gasteiger partial charge on any atom is -0.395 e. The zero-order valence-corrected chi connectivity index (χ0v) is 8.60. The van der Waals surface area contributed by atoms with Crippen molar-refractivity contribution in [2.75, 3.05) is 25.6 Å². The molecule has 5 heteroatoms. The first kappa shape index (κ1) is 11.5. The van der Waals surface area contributed by atoms with E-state index in [2.05, 4.69) is 5.43 Å². The van der Waals surface area contributed by atoms with E-state index < -0.39 is 0 Å². The van der Waals surface area contributed by atoms with Gasteiger partial charge < -0.3 is 15.4 Å². The largest absolute Gasteiger partial charge is 0.395 e. The summed E-state index contributed by atoms with van der Waals surface area (Å²) in [4.78, 5) is 13.2. The first-order valence-corrected chi connectivity index (χ1v) is 4.62. The number of carbonyl (C=O) groups is 1. The number of nitrogens with one attached hydrogen (secondary N) is 1. The number of likely N-dealkylation sites (N-methyl/N-ethyl adjacent to an activating group) is 1. The summed E-state index contributed by atoms with van der Waals surface area (Å²) in [5.41, 5.74) is 3.80. The molecule has 5 nitrogen and oxygen atoms in total. The summed E-state index contributed by atoms with van der Waals surface area (Å²) in [7, 11) is 1.65. The van der Waals surface area contributed by atoms with Crippen LogP contribution < -0.4 is 11.3 Å². The van der Waals surface area contributed by atoms with Gasteiger partial charge in [0.15, 0.2) is 0 Å². The molecule has 0 aliphatic heterocycles. The Morgan fingerprint density at radius 3 is 2.53 bits per heavy atom. The maximum Gasteiger partial charge on any atom is 0.253 e. The fourth-order valence-corrected chi connectivity index (χ4v) is 1.18. The van der Waals surface area contributed by atoms with Crippen molar-refractivity contribution in [2.24, 2.45) is 5.84 Å². The van der Waals surface area contributed by atoms with Gasteiger partial charge in [-0.3, -0.25) is 10.6 Å². The van der Waals surface area contributed by atoms with Crippen LogP contribution in [0.25, 0.3) is 0 Å². The van der Waals surface area contributed by atoms with Crippen LogP contribution >= 0.6 is 0 Å². The van der Waals surface area contributed by atoms with Crippen molar-refractivity contribution in [1.82, 2.24) is 4.90 Å². The smallest absolute Gasteiger partial charge is 0.253 e. The predicted molar refractivity (Wildman–Crippen MR) is 58.3 cm³/mol. The summed E-state index contributed by atoms with van der Waals surface area (Å²) in [6.07, 6.45) is 0. The number of amides is 1. The van der Waals surface area contributed by atoms with Gasteiger partial charge in [0.1, 0.15) is 0 Å². The maximum absolute atomic E-state index is 11.7. The molecule has 15 heavy (non-hydrogen) atoms. The molecule has 0 bridgehead atoms. The molecule has 1 rings (SSSR count). The SMILES string of the molecule is CN(CCO)C(=O)c1ccc(NN)cc1. The van der Waals surface area contributed by atoms with Crippen LogP contribution in [0.15, 0.2) is 24.3 Å². The van der Waals surface area contributed by atoms with Crippen molar-refractivity contribution < 1.29 is 9.90 Å². The number of hydrogen-bond donors (Lipinski definition) is 3. The number of hydrogen-bond acceptors (Lipinski definition) is 4. The molecular formula is C10H15N3O2. The van der Waals surface area contributed by atoms with Crippen molar-refractivity contribution in [3.8, 4) is 0 Å². The molecule has 0 saturated carbocycles. The summed E-state index contributed by atoms with van der Waals surface area (Å²) >= 11 is 0. The lowest BCUT2D eigenvalue weighted by Gasteiger charge is -2.15. The molecule has 1 amide bonds. The van der Waals surface area contributed by atoms with Crippen LogP contribution in [-0.4, -0.2) is 36.1 Å².